The summed E-state index contributed by atoms with van der Waals surface area (Å²) in [5.41, 5.74) is 1.09. The lowest BCUT2D eigenvalue weighted by Gasteiger charge is -2.19. The van der Waals surface area contributed by atoms with Gasteiger partial charge >= 0.3 is 5.97 Å². The van der Waals surface area contributed by atoms with Gasteiger partial charge in [0.25, 0.3) is 0 Å². The molecule has 0 aliphatic carbocycles. The molecule has 0 amide bonds. The lowest BCUT2D eigenvalue weighted by molar-refractivity contribution is -0.134. The number of carbonyl (C=O) groups is 1. The van der Waals surface area contributed by atoms with E-state index in [4.69, 9.17) is 4.74 Å². The molecule has 0 radical (unpaired) electrons. The normalized spacial score (nSPS) is 13.7. The van der Waals surface area contributed by atoms with E-state index in [0.717, 1.165) is 5.56 Å². The number of methoxy groups -OCH3 is 1. The molecule has 0 aromatic heterocycles. The molecule has 0 saturated heterocycles. The van der Waals surface area contributed by atoms with Crippen molar-refractivity contribution in [2.24, 2.45) is 0 Å². The molecular formula is C18H24O4. The molecule has 1 rings (SSSR count). The fourth-order valence-corrected chi connectivity index (χ4v) is 2.00. The van der Waals surface area contributed by atoms with Crippen molar-refractivity contribution < 1.29 is 19.4 Å². The molecule has 0 aliphatic rings. The molecule has 0 saturated carbocycles. The number of ether oxygens (including phenoxy) is 2. The molecule has 4 nitrogen and oxygen atoms in total. The highest BCUT2D eigenvalue weighted by Gasteiger charge is 2.13. The maximum absolute atomic E-state index is 10.9. The minimum Gasteiger partial charge on any atom is -0.466 e. The number of hydrogen-bond acceptors (Lipinski definition) is 4. The van der Waals surface area contributed by atoms with E-state index in [1.807, 2.05) is 30.3 Å². The SMILES string of the molecule is C=CC[C@H](C[C@@H](O)C/C=C/C(=O)OC)OCc1ccccc1. The highest BCUT2D eigenvalue weighted by atomic mass is 16.5. The van der Waals surface area contributed by atoms with Crippen LogP contribution in [0, 0.1) is 0 Å². The van der Waals surface area contributed by atoms with Gasteiger partial charge in [0.2, 0.25) is 0 Å². The number of carbonyl (C=O) groups excluding carboxylic acids is 1. The van der Waals surface area contributed by atoms with Crippen LogP contribution < -0.4 is 0 Å². The lowest BCUT2D eigenvalue weighted by atomic mass is 10.1. The van der Waals surface area contributed by atoms with Crippen molar-refractivity contribution in [3.8, 4) is 0 Å². The average molecular weight is 304 g/mol. The highest BCUT2D eigenvalue weighted by Crippen LogP contribution is 2.13. The second kappa shape index (κ2) is 10.8. The standard InChI is InChI=1S/C18H24O4/c1-3-8-17(22-14-15-9-5-4-6-10-15)13-16(19)11-7-12-18(20)21-2/h3-7,9-10,12,16-17,19H,1,8,11,13-14H2,2H3/b12-7+/t16-,17+/m0/s1. The Kier molecular flexibility index (Phi) is 8.88. The first-order valence-electron chi connectivity index (χ1n) is 7.34. The minimum atomic E-state index is -0.568. The summed E-state index contributed by atoms with van der Waals surface area (Å²) in [5, 5.41) is 10.0. The van der Waals surface area contributed by atoms with Crippen LogP contribution in [0.4, 0.5) is 0 Å². The Balaban J connectivity index is 2.40. The monoisotopic (exact) mass is 304 g/mol. The first-order valence-corrected chi connectivity index (χ1v) is 7.34. The largest absolute Gasteiger partial charge is 0.466 e. The van der Waals surface area contributed by atoms with Gasteiger partial charge < -0.3 is 14.6 Å². The molecule has 1 aromatic rings. The number of aliphatic hydroxyl groups is 1. The third-order valence-electron chi connectivity index (χ3n) is 3.16. The molecule has 0 aliphatic heterocycles. The van der Waals surface area contributed by atoms with Crippen molar-refractivity contribution >= 4 is 5.97 Å². The summed E-state index contributed by atoms with van der Waals surface area (Å²) in [7, 11) is 1.32. The van der Waals surface area contributed by atoms with E-state index >= 15 is 0 Å². The molecule has 4 heteroatoms. The van der Waals surface area contributed by atoms with Crippen LogP contribution in [-0.4, -0.2) is 30.4 Å². The first-order chi connectivity index (χ1) is 10.7. The predicted octanol–water partition coefficient (Wildman–Crippen LogP) is 3.02. The Labute approximate surface area is 132 Å². The second-order valence-electron chi connectivity index (χ2n) is 4.99. The minimum absolute atomic E-state index is 0.0979. The highest BCUT2D eigenvalue weighted by molar-refractivity contribution is 5.81. The summed E-state index contributed by atoms with van der Waals surface area (Å²) in [6, 6.07) is 9.89. The maximum atomic E-state index is 10.9. The van der Waals surface area contributed by atoms with Crippen LogP contribution in [0.5, 0.6) is 0 Å². The van der Waals surface area contributed by atoms with Crippen molar-refractivity contribution in [2.45, 2.75) is 38.1 Å². The van der Waals surface area contributed by atoms with Gasteiger partial charge in [0, 0.05) is 12.5 Å². The van der Waals surface area contributed by atoms with Crippen LogP contribution in [0.15, 0.2) is 55.1 Å². The van der Waals surface area contributed by atoms with E-state index in [9.17, 15) is 9.90 Å². The van der Waals surface area contributed by atoms with Gasteiger partial charge in [-0.15, -0.1) is 6.58 Å². The van der Waals surface area contributed by atoms with E-state index in [1.54, 1.807) is 12.2 Å². The topological polar surface area (TPSA) is 55.8 Å². The van der Waals surface area contributed by atoms with Crippen LogP contribution in [0.3, 0.4) is 0 Å². The fraction of sp³-hybridized carbons (Fsp3) is 0.389. The van der Waals surface area contributed by atoms with Crippen LogP contribution in [0.1, 0.15) is 24.8 Å². The Morgan fingerprint density at radius 1 is 1.32 bits per heavy atom. The zero-order chi connectivity index (χ0) is 16.2. The molecule has 1 aromatic carbocycles. The molecule has 22 heavy (non-hydrogen) atoms. The van der Waals surface area contributed by atoms with Gasteiger partial charge in [0.05, 0.1) is 25.9 Å². The number of rotatable bonds is 10. The van der Waals surface area contributed by atoms with Gasteiger partial charge in [0.15, 0.2) is 0 Å². The quantitative estimate of drug-likeness (QED) is 0.410. The molecule has 0 spiro atoms. The molecule has 1 N–H and O–H groups in total. The van der Waals surface area contributed by atoms with Crippen molar-refractivity contribution in [2.75, 3.05) is 7.11 Å². The summed E-state index contributed by atoms with van der Waals surface area (Å²) in [4.78, 5) is 10.9. The smallest absolute Gasteiger partial charge is 0.330 e. The molecule has 2 atom stereocenters. The van der Waals surface area contributed by atoms with Gasteiger partial charge in [-0.05, 0) is 18.4 Å². The molecule has 120 valence electrons. The van der Waals surface area contributed by atoms with Crippen LogP contribution in [-0.2, 0) is 20.9 Å². The number of aliphatic hydroxyl groups excluding tert-OH is 1. The summed E-state index contributed by atoms with van der Waals surface area (Å²) in [5.74, 6) is -0.421. The van der Waals surface area contributed by atoms with Crippen LogP contribution in [0.2, 0.25) is 0 Å². The lowest BCUT2D eigenvalue weighted by Crippen LogP contribution is -2.20. The zero-order valence-electron chi connectivity index (χ0n) is 13.0. The van der Waals surface area contributed by atoms with Crippen molar-refractivity contribution in [1.82, 2.24) is 0 Å². The summed E-state index contributed by atoms with van der Waals surface area (Å²) in [6.45, 7) is 4.23. The fourth-order valence-electron chi connectivity index (χ4n) is 2.00. The van der Waals surface area contributed by atoms with E-state index in [-0.39, 0.29) is 6.10 Å². The van der Waals surface area contributed by atoms with Gasteiger partial charge in [-0.3, -0.25) is 0 Å². The van der Waals surface area contributed by atoms with Crippen molar-refractivity contribution in [3.63, 3.8) is 0 Å². The van der Waals surface area contributed by atoms with E-state index in [1.165, 1.54) is 13.2 Å². The second-order valence-corrected chi connectivity index (χ2v) is 4.99. The Morgan fingerprint density at radius 2 is 2.05 bits per heavy atom. The Hall–Kier alpha value is -1.91. The summed E-state index contributed by atoms with van der Waals surface area (Å²) in [6.07, 6.45) is 5.59. The van der Waals surface area contributed by atoms with Gasteiger partial charge in [0.1, 0.15) is 0 Å². The zero-order valence-corrected chi connectivity index (χ0v) is 13.0. The Morgan fingerprint density at radius 3 is 2.68 bits per heavy atom. The van der Waals surface area contributed by atoms with Crippen LogP contribution >= 0.6 is 0 Å². The van der Waals surface area contributed by atoms with E-state index in [2.05, 4.69) is 11.3 Å². The van der Waals surface area contributed by atoms with E-state index in [0.29, 0.717) is 25.9 Å². The van der Waals surface area contributed by atoms with Crippen molar-refractivity contribution in [3.05, 3.63) is 60.7 Å². The number of hydrogen-bond donors (Lipinski definition) is 1. The van der Waals surface area contributed by atoms with Crippen molar-refractivity contribution in [1.29, 1.82) is 0 Å². The molecule has 0 heterocycles. The van der Waals surface area contributed by atoms with Gasteiger partial charge in [-0.2, -0.15) is 0 Å². The molecule has 0 unspecified atom stereocenters. The van der Waals surface area contributed by atoms with Gasteiger partial charge in [-0.1, -0.05) is 42.5 Å². The average Bonchev–Trinajstić information content (AvgIpc) is 2.53. The predicted molar refractivity (Wildman–Crippen MR) is 86.2 cm³/mol. The third kappa shape index (κ3) is 7.76. The maximum Gasteiger partial charge on any atom is 0.330 e. The number of esters is 1. The summed E-state index contributed by atoms with van der Waals surface area (Å²) < 4.78 is 10.3. The number of benzene rings is 1. The van der Waals surface area contributed by atoms with E-state index < -0.39 is 12.1 Å². The van der Waals surface area contributed by atoms with Gasteiger partial charge in [-0.25, -0.2) is 4.79 Å². The molecular weight excluding hydrogens is 280 g/mol. The first kappa shape index (κ1) is 18.1. The summed E-state index contributed by atoms with van der Waals surface area (Å²) >= 11 is 0. The molecule has 0 fully saturated rings. The molecule has 0 bridgehead atoms. The van der Waals surface area contributed by atoms with Crippen LogP contribution in [0.25, 0.3) is 0 Å². The Bertz CT molecular complexity index is 467. The third-order valence-corrected chi connectivity index (χ3v) is 3.16.